The fourth-order valence-electron chi connectivity index (χ4n) is 1.81. The van der Waals surface area contributed by atoms with Crippen LogP contribution in [0.2, 0.25) is 0 Å². The minimum atomic E-state index is 0.241. The molecule has 0 amide bonds. The van der Waals surface area contributed by atoms with Crippen LogP contribution in [0.1, 0.15) is 30.5 Å². The van der Waals surface area contributed by atoms with Gasteiger partial charge < -0.3 is 5.73 Å². The van der Waals surface area contributed by atoms with Gasteiger partial charge in [0.2, 0.25) is 0 Å². The van der Waals surface area contributed by atoms with Gasteiger partial charge in [-0.3, -0.25) is 0 Å². The van der Waals surface area contributed by atoms with E-state index >= 15 is 0 Å². The van der Waals surface area contributed by atoms with Gasteiger partial charge >= 0.3 is 0 Å². The zero-order valence-electron chi connectivity index (χ0n) is 8.08. The molecule has 0 fully saturated rings. The predicted molar refractivity (Wildman–Crippen MR) is 58.0 cm³/mol. The average Bonchev–Trinajstić information content (AvgIpc) is 2.44. The first-order valence-corrected chi connectivity index (χ1v) is 5.63. The van der Waals surface area contributed by atoms with Crippen molar-refractivity contribution in [3.05, 3.63) is 29.3 Å². The quantitative estimate of drug-likeness (QED) is 0.742. The Morgan fingerprint density at radius 2 is 2.23 bits per heavy atom. The Bertz CT molecular complexity index is 322. The summed E-state index contributed by atoms with van der Waals surface area (Å²) in [5.74, 6) is 0. The molecule has 0 saturated carbocycles. The number of hydrogen-bond donors (Lipinski definition) is 1. The summed E-state index contributed by atoms with van der Waals surface area (Å²) in [6.07, 6.45) is 1.15. The van der Waals surface area contributed by atoms with E-state index in [9.17, 15) is 0 Å². The molecule has 0 aliphatic carbocycles. The molecule has 2 N–H and O–H groups in total. The fourth-order valence-corrected chi connectivity index (χ4v) is 3.07. The summed E-state index contributed by atoms with van der Waals surface area (Å²) in [4.78, 5) is 1.38. The lowest BCUT2D eigenvalue weighted by Crippen LogP contribution is -2.18. The highest BCUT2D eigenvalue weighted by Gasteiger charge is 2.28. The van der Waals surface area contributed by atoms with Crippen molar-refractivity contribution in [1.29, 1.82) is 0 Å². The largest absolute Gasteiger partial charge is 0.323 e. The van der Waals surface area contributed by atoms with E-state index in [1.54, 1.807) is 0 Å². The fraction of sp³-hybridized carbons (Fsp3) is 0.455. The Kier molecular flexibility index (Phi) is 2.35. The lowest BCUT2D eigenvalue weighted by Gasteiger charge is -2.11. The van der Waals surface area contributed by atoms with Gasteiger partial charge in [0, 0.05) is 16.2 Å². The molecule has 1 aliphatic heterocycles. The molecule has 0 radical (unpaired) electrons. The van der Waals surface area contributed by atoms with Gasteiger partial charge in [0.1, 0.15) is 0 Å². The van der Waals surface area contributed by atoms with Crippen molar-refractivity contribution in [2.75, 3.05) is 0 Å². The first-order valence-electron chi connectivity index (χ1n) is 4.75. The van der Waals surface area contributed by atoms with Gasteiger partial charge in [-0.1, -0.05) is 24.6 Å². The minimum absolute atomic E-state index is 0.241. The van der Waals surface area contributed by atoms with Crippen LogP contribution in [0, 0.1) is 6.92 Å². The molecule has 1 aromatic rings. The summed E-state index contributed by atoms with van der Waals surface area (Å²) in [5.41, 5.74) is 8.81. The monoisotopic (exact) mass is 193 g/mol. The molecule has 0 bridgehead atoms. The van der Waals surface area contributed by atoms with Crippen LogP contribution in [0.15, 0.2) is 23.1 Å². The highest BCUT2D eigenvalue weighted by atomic mass is 32.2. The number of thioether (sulfide) groups is 1. The third-order valence-corrected chi connectivity index (χ3v) is 4.16. The lowest BCUT2D eigenvalue weighted by molar-refractivity contribution is 0.666. The molecule has 2 rings (SSSR count). The zero-order valence-corrected chi connectivity index (χ0v) is 8.90. The molecule has 70 valence electrons. The van der Waals surface area contributed by atoms with Crippen LogP contribution < -0.4 is 5.73 Å². The molecule has 13 heavy (non-hydrogen) atoms. The number of nitrogens with two attached hydrogens (primary N) is 1. The average molecular weight is 193 g/mol. The SMILES string of the molecule is CCC1Sc2ccc(C)cc2C1N. The molecule has 2 heteroatoms. The Balaban J connectivity index is 2.39. The maximum absolute atomic E-state index is 6.15. The molecule has 0 aromatic heterocycles. The van der Waals surface area contributed by atoms with E-state index in [-0.39, 0.29) is 6.04 Å². The van der Waals surface area contributed by atoms with Crippen molar-refractivity contribution in [2.45, 2.75) is 36.5 Å². The van der Waals surface area contributed by atoms with Crippen LogP contribution in [0.25, 0.3) is 0 Å². The van der Waals surface area contributed by atoms with E-state index in [4.69, 9.17) is 5.73 Å². The van der Waals surface area contributed by atoms with Gasteiger partial charge in [-0.2, -0.15) is 0 Å². The van der Waals surface area contributed by atoms with Gasteiger partial charge in [-0.05, 0) is 25.0 Å². The summed E-state index contributed by atoms with van der Waals surface area (Å²) in [6, 6.07) is 6.83. The molecule has 2 atom stereocenters. The Morgan fingerprint density at radius 3 is 2.92 bits per heavy atom. The standard InChI is InChI=1S/C11H15NS/c1-3-9-11(12)8-6-7(2)4-5-10(8)13-9/h4-6,9,11H,3,12H2,1-2H3. The molecule has 1 heterocycles. The van der Waals surface area contributed by atoms with Crippen molar-refractivity contribution < 1.29 is 0 Å². The molecule has 0 saturated heterocycles. The van der Waals surface area contributed by atoms with Crippen LogP contribution in [0.4, 0.5) is 0 Å². The van der Waals surface area contributed by atoms with Crippen molar-refractivity contribution in [3.63, 3.8) is 0 Å². The second-order valence-electron chi connectivity index (χ2n) is 3.63. The minimum Gasteiger partial charge on any atom is -0.323 e. The van der Waals surface area contributed by atoms with Crippen molar-refractivity contribution in [2.24, 2.45) is 5.73 Å². The van der Waals surface area contributed by atoms with E-state index in [1.165, 1.54) is 16.0 Å². The second-order valence-corrected chi connectivity index (χ2v) is 4.91. The van der Waals surface area contributed by atoms with Crippen molar-refractivity contribution in [1.82, 2.24) is 0 Å². The Labute approximate surface area is 83.7 Å². The third-order valence-electron chi connectivity index (χ3n) is 2.61. The van der Waals surface area contributed by atoms with Crippen LogP contribution in [0.3, 0.4) is 0 Å². The van der Waals surface area contributed by atoms with Gasteiger partial charge in [0.15, 0.2) is 0 Å². The first-order chi connectivity index (χ1) is 6.22. The second kappa shape index (κ2) is 3.35. The number of aryl methyl sites for hydroxylation is 1. The smallest absolute Gasteiger partial charge is 0.0430 e. The molecular formula is C11H15NS. The maximum Gasteiger partial charge on any atom is 0.0430 e. The van der Waals surface area contributed by atoms with Gasteiger partial charge in [-0.25, -0.2) is 0 Å². The Morgan fingerprint density at radius 1 is 1.46 bits per heavy atom. The van der Waals surface area contributed by atoms with Crippen molar-refractivity contribution in [3.8, 4) is 0 Å². The topological polar surface area (TPSA) is 26.0 Å². The summed E-state index contributed by atoms with van der Waals surface area (Å²) < 4.78 is 0. The van der Waals surface area contributed by atoms with Crippen molar-refractivity contribution >= 4 is 11.8 Å². The summed E-state index contributed by atoms with van der Waals surface area (Å²) in [6.45, 7) is 4.33. The van der Waals surface area contributed by atoms with Crippen LogP contribution in [-0.2, 0) is 0 Å². The van der Waals surface area contributed by atoms with Crippen LogP contribution in [0.5, 0.6) is 0 Å². The van der Waals surface area contributed by atoms with E-state index in [0.29, 0.717) is 5.25 Å². The molecule has 2 unspecified atom stereocenters. The molecule has 0 spiro atoms. The van der Waals surface area contributed by atoms with E-state index in [1.807, 2.05) is 11.8 Å². The first kappa shape index (κ1) is 9.10. The van der Waals surface area contributed by atoms with E-state index < -0.39 is 0 Å². The number of hydrogen-bond acceptors (Lipinski definition) is 2. The Hall–Kier alpha value is -0.470. The molecule has 1 aliphatic rings. The predicted octanol–water partition coefficient (Wildman–Crippen LogP) is 2.88. The lowest BCUT2D eigenvalue weighted by atomic mass is 10.0. The molecular weight excluding hydrogens is 178 g/mol. The zero-order chi connectivity index (χ0) is 9.42. The third kappa shape index (κ3) is 1.49. The summed E-state index contributed by atoms with van der Waals surface area (Å²) >= 11 is 1.93. The number of rotatable bonds is 1. The van der Waals surface area contributed by atoms with Gasteiger partial charge in [0.05, 0.1) is 0 Å². The summed E-state index contributed by atoms with van der Waals surface area (Å²) in [7, 11) is 0. The van der Waals surface area contributed by atoms with Gasteiger partial charge in [0.25, 0.3) is 0 Å². The van der Waals surface area contributed by atoms with E-state index in [2.05, 4.69) is 32.0 Å². The van der Waals surface area contributed by atoms with E-state index in [0.717, 1.165) is 6.42 Å². The van der Waals surface area contributed by atoms with Gasteiger partial charge in [-0.15, -0.1) is 11.8 Å². The number of benzene rings is 1. The highest BCUT2D eigenvalue weighted by molar-refractivity contribution is 8.00. The van der Waals surface area contributed by atoms with Crippen LogP contribution in [-0.4, -0.2) is 5.25 Å². The van der Waals surface area contributed by atoms with Crippen LogP contribution >= 0.6 is 11.8 Å². The number of fused-ring (bicyclic) bond motifs is 1. The molecule has 1 aromatic carbocycles. The highest BCUT2D eigenvalue weighted by Crippen LogP contribution is 2.44. The maximum atomic E-state index is 6.15. The normalized spacial score (nSPS) is 26.1. The molecule has 1 nitrogen and oxygen atoms in total. The summed E-state index contributed by atoms with van der Waals surface area (Å²) in [5, 5.41) is 0.580.